The number of aromatic hydroxyl groups is 1. The third-order valence-electron chi connectivity index (χ3n) is 2.70. The van der Waals surface area contributed by atoms with Gasteiger partial charge in [-0.1, -0.05) is 40.2 Å². The van der Waals surface area contributed by atoms with Crippen LogP contribution in [0, 0.1) is 5.92 Å². The summed E-state index contributed by atoms with van der Waals surface area (Å²) in [4.78, 5) is 0. The van der Waals surface area contributed by atoms with Crippen molar-refractivity contribution in [2.75, 3.05) is 0 Å². The molecule has 0 bridgehead atoms. The summed E-state index contributed by atoms with van der Waals surface area (Å²) in [7, 11) is 0. The Bertz CT molecular complexity index is 592. The van der Waals surface area contributed by atoms with E-state index in [1.807, 2.05) is 19.1 Å². The Labute approximate surface area is 128 Å². The van der Waals surface area contributed by atoms with Crippen molar-refractivity contribution in [3.05, 3.63) is 50.9 Å². The van der Waals surface area contributed by atoms with E-state index in [0.29, 0.717) is 10.0 Å². The van der Waals surface area contributed by atoms with E-state index in [1.165, 1.54) is 6.21 Å². The predicted molar refractivity (Wildman–Crippen MR) is 86.0 cm³/mol. The van der Waals surface area contributed by atoms with Crippen LogP contribution in [0.3, 0.4) is 0 Å². The second kappa shape index (κ2) is 6.30. The van der Waals surface area contributed by atoms with Crippen LogP contribution in [0.1, 0.15) is 12.5 Å². The fraction of sp³-hybridized carbons (Fsp3) is 0.143. The quantitative estimate of drug-likeness (QED) is 0.608. The minimum atomic E-state index is 0.153. The molecule has 5 heteroatoms. The van der Waals surface area contributed by atoms with E-state index in [9.17, 15) is 5.11 Å². The highest BCUT2D eigenvalue weighted by atomic mass is 79.9. The molecule has 0 amide bonds. The number of halogens is 2. The van der Waals surface area contributed by atoms with Crippen molar-refractivity contribution in [1.29, 1.82) is 0 Å². The first-order chi connectivity index (χ1) is 9.08. The van der Waals surface area contributed by atoms with E-state index in [-0.39, 0.29) is 11.7 Å². The minimum Gasteiger partial charge on any atom is -0.506 e. The van der Waals surface area contributed by atoms with Crippen molar-refractivity contribution in [2.24, 2.45) is 16.1 Å². The monoisotopic (exact) mass is 382 g/mol. The highest BCUT2D eigenvalue weighted by Crippen LogP contribution is 2.30. The summed E-state index contributed by atoms with van der Waals surface area (Å²) in [6, 6.07) is 3.55. The van der Waals surface area contributed by atoms with Crippen LogP contribution in [0.2, 0.25) is 0 Å². The highest BCUT2D eigenvalue weighted by molar-refractivity contribution is 9.11. The molecule has 0 unspecified atom stereocenters. The van der Waals surface area contributed by atoms with Crippen molar-refractivity contribution < 1.29 is 5.11 Å². The molecule has 0 atom stereocenters. The summed E-state index contributed by atoms with van der Waals surface area (Å²) in [6.07, 6.45) is 9.63. The lowest BCUT2D eigenvalue weighted by Gasteiger charge is -2.03. The number of rotatable bonds is 3. The average Bonchev–Trinajstić information content (AvgIpc) is 2.88. The minimum absolute atomic E-state index is 0.153. The van der Waals surface area contributed by atoms with Crippen molar-refractivity contribution in [3.63, 3.8) is 0 Å². The number of allylic oxidation sites excluding steroid dienone is 4. The van der Waals surface area contributed by atoms with Gasteiger partial charge in [0.2, 0.25) is 0 Å². The Morgan fingerprint density at radius 1 is 1.26 bits per heavy atom. The smallest absolute Gasteiger partial charge is 0.138 e. The molecule has 3 nitrogen and oxygen atoms in total. The first kappa shape index (κ1) is 14.2. The lowest BCUT2D eigenvalue weighted by molar-refractivity contribution is 0.471. The molecule has 0 aliphatic heterocycles. The Hall–Kier alpha value is -1.20. The van der Waals surface area contributed by atoms with Gasteiger partial charge in [-0.3, -0.25) is 0 Å². The summed E-state index contributed by atoms with van der Waals surface area (Å²) < 4.78 is 1.48. The van der Waals surface area contributed by atoms with E-state index in [4.69, 9.17) is 0 Å². The molecule has 0 radical (unpaired) electrons. The number of phenolic OH excluding ortho intramolecular Hbond substituents is 1. The van der Waals surface area contributed by atoms with Crippen LogP contribution in [-0.2, 0) is 0 Å². The van der Waals surface area contributed by atoms with E-state index >= 15 is 0 Å². The van der Waals surface area contributed by atoms with E-state index in [2.05, 4.69) is 54.2 Å². The summed E-state index contributed by atoms with van der Waals surface area (Å²) >= 11 is 6.64. The molecule has 98 valence electrons. The molecule has 1 aromatic carbocycles. The van der Waals surface area contributed by atoms with Crippen LogP contribution in [0.5, 0.6) is 5.75 Å². The van der Waals surface area contributed by atoms with Crippen LogP contribution in [0.15, 0.2) is 55.6 Å². The van der Waals surface area contributed by atoms with Crippen LogP contribution >= 0.6 is 31.9 Å². The fourth-order valence-corrected chi connectivity index (χ4v) is 2.90. The standard InChI is InChI=1S/C14H12Br2N2O/c1-9(10-4-2-3-5-10)18-17-8-11-6-12(15)7-13(16)14(11)19/h2-8,10,19H,1H3/b17-8+,18-9-. The normalized spacial score (nSPS) is 15.8. The van der Waals surface area contributed by atoms with Crippen LogP contribution < -0.4 is 0 Å². The first-order valence-corrected chi connectivity index (χ1v) is 7.27. The van der Waals surface area contributed by atoms with Gasteiger partial charge in [0.15, 0.2) is 0 Å². The molecule has 0 saturated carbocycles. The van der Waals surface area contributed by atoms with Gasteiger partial charge in [-0.2, -0.15) is 10.2 Å². The third-order valence-corrected chi connectivity index (χ3v) is 3.76. The predicted octanol–water partition coefficient (Wildman–Crippen LogP) is 4.45. The summed E-state index contributed by atoms with van der Waals surface area (Å²) in [5.74, 6) is 0.375. The molecule has 1 aliphatic rings. The van der Waals surface area contributed by atoms with Gasteiger partial charge in [0.1, 0.15) is 5.75 Å². The molecule has 1 aromatic rings. The average molecular weight is 384 g/mol. The lowest BCUT2D eigenvalue weighted by atomic mass is 10.1. The third kappa shape index (κ3) is 3.64. The SMILES string of the molecule is C/C(=N/N=C/c1cc(Br)cc(Br)c1O)C1C=CC=C1. The maximum atomic E-state index is 9.87. The van der Waals surface area contributed by atoms with E-state index in [0.717, 1.165) is 10.2 Å². The Morgan fingerprint density at radius 2 is 1.95 bits per heavy atom. The van der Waals surface area contributed by atoms with Crippen LogP contribution in [0.25, 0.3) is 0 Å². The fourth-order valence-electron chi connectivity index (χ4n) is 1.64. The number of nitrogens with zero attached hydrogens (tertiary/aromatic N) is 2. The molecule has 19 heavy (non-hydrogen) atoms. The van der Waals surface area contributed by atoms with Gasteiger partial charge in [-0.25, -0.2) is 0 Å². The van der Waals surface area contributed by atoms with Gasteiger partial charge in [0, 0.05) is 21.7 Å². The van der Waals surface area contributed by atoms with Crippen molar-refractivity contribution in [3.8, 4) is 5.75 Å². The molecule has 0 fully saturated rings. The Balaban J connectivity index is 2.17. The largest absolute Gasteiger partial charge is 0.506 e. The number of hydrogen-bond acceptors (Lipinski definition) is 3. The number of hydrogen-bond donors (Lipinski definition) is 1. The lowest BCUT2D eigenvalue weighted by Crippen LogP contribution is -2.02. The van der Waals surface area contributed by atoms with Gasteiger partial charge in [0.25, 0.3) is 0 Å². The zero-order valence-corrected chi connectivity index (χ0v) is 13.4. The van der Waals surface area contributed by atoms with Gasteiger partial charge in [-0.05, 0) is 35.0 Å². The Morgan fingerprint density at radius 3 is 2.63 bits per heavy atom. The molecular weight excluding hydrogens is 372 g/mol. The molecular formula is C14H12Br2N2O. The zero-order chi connectivity index (χ0) is 13.8. The number of benzene rings is 1. The van der Waals surface area contributed by atoms with Crippen molar-refractivity contribution >= 4 is 43.8 Å². The summed E-state index contributed by atoms with van der Waals surface area (Å²) in [5, 5.41) is 18.0. The molecule has 1 N–H and O–H groups in total. The first-order valence-electron chi connectivity index (χ1n) is 5.68. The summed E-state index contributed by atoms with van der Waals surface area (Å²) in [5.41, 5.74) is 1.52. The summed E-state index contributed by atoms with van der Waals surface area (Å²) in [6.45, 7) is 1.93. The molecule has 0 heterocycles. The molecule has 0 aromatic heterocycles. The van der Waals surface area contributed by atoms with Crippen molar-refractivity contribution in [1.82, 2.24) is 0 Å². The second-order valence-electron chi connectivity index (χ2n) is 4.11. The topological polar surface area (TPSA) is 45.0 Å². The maximum absolute atomic E-state index is 9.87. The van der Waals surface area contributed by atoms with Gasteiger partial charge >= 0.3 is 0 Å². The van der Waals surface area contributed by atoms with Crippen LogP contribution in [-0.4, -0.2) is 17.0 Å². The van der Waals surface area contributed by atoms with E-state index in [1.54, 1.807) is 12.1 Å². The van der Waals surface area contributed by atoms with Crippen molar-refractivity contribution in [2.45, 2.75) is 6.92 Å². The Kier molecular flexibility index (Phi) is 4.71. The molecule has 0 saturated heterocycles. The zero-order valence-electron chi connectivity index (χ0n) is 10.2. The molecule has 1 aliphatic carbocycles. The number of phenols is 1. The molecule has 2 rings (SSSR count). The van der Waals surface area contributed by atoms with Gasteiger partial charge < -0.3 is 5.11 Å². The highest BCUT2D eigenvalue weighted by Gasteiger charge is 2.07. The molecule has 0 spiro atoms. The second-order valence-corrected chi connectivity index (χ2v) is 5.88. The van der Waals surface area contributed by atoms with Gasteiger partial charge in [0.05, 0.1) is 10.7 Å². The van der Waals surface area contributed by atoms with E-state index < -0.39 is 0 Å². The van der Waals surface area contributed by atoms with Gasteiger partial charge in [-0.15, -0.1) is 0 Å². The van der Waals surface area contributed by atoms with Crippen LogP contribution in [0.4, 0.5) is 0 Å². The maximum Gasteiger partial charge on any atom is 0.138 e.